The van der Waals surface area contributed by atoms with Gasteiger partial charge >= 0.3 is 6.03 Å². The molecule has 3 amide bonds. The van der Waals surface area contributed by atoms with Crippen molar-refractivity contribution in [3.8, 4) is 11.8 Å². The Bertz CT molecular complexity index is 592. The molecule has 0 saturated heterocycles. The van der Waals surface area contributed by atoms with Crippen molar-refractivity contribution in [2.24, 2.45) is 5.92 Å². The number of amides is 3. The first-order valence-corrected chi connectivity index (χ1v) is 7.82. The van der Waals surface area contributed by atoms with E-state index in [9.17, 15) is 9.59 Å². The molecule has 6 heteroatoms. The number of rotatable bonds is 4. The fourth-order valence-electron chi connectivity index (χ4n) is 2.67. The Morgan fingerprint density at radius 2 is 1.96 bits per heavy atom. The fraction of sp³-hybridized carbons (Fsp3) is 0.471. The number of nitriles is 1. The van der Waals surface area contributed by atoms with E-state index in [1.165, 1.54) is 6.42 Å². The minimum atomic E-state index is -0.504. The summed E-state index contributed by atoms with van der Waals surface area (Å²) in [5, 5.41) is 13.8. The second-order valence-electron chi connectivity index (χ2n) is 5.81. The molecule has 2 N–H and O–H groups in total. The van der Waals surface area contributed by atoms with Crippen LogP contribution < -0.4 is 15.4 Å². The molecule has 0 radical (unpaired) electrons. The summed E-state index contributed by atoms with van der Waals surface area (Å²) in [6, 6.07) is 8.06. The third kappa shape index (κ3) is 5.29. The zero-order valence-electron chi connectivity index (χ0n) is 13.2. The summed E-state index contributed by atoms with van der Waals surface area (Å²) in [6.45, 7) is 1.86. The largest absolute Gasteiger partial charge is 0.484 e. The van der Waals surface area contributed by atoms with E-state index in [4.69, 9.17) is 10.00 Å². The van der Waals surface area contributed by atoms with Crippen LogP contribution >= 0.6 is 0 Å². The van der Waals surface area contributed by atoms with E-state index in [-0.39, 0.29) is 12.6 Å². The van der Waals surface area contributed by atoms with Crippen LogP contribution in [0.15, 0.2) is 24.3 Å². The second kappa shape index (κ2) is 8.18. The van der Waals surface area contributed by atoms with Gasteiger partial charge in [-0.05, 0) is 43.0 Å². The van der Waals surface area contributed by atoms with Gasteiger partial charge in [0, 0.05) is 6.04 Å². The van der Waals surface area contributed by atoms with Gasteiger partial charge in [-0.25, -0.2) is 4.79 Å². The highest BCUT2D eigenvalue weighted by Gasteiger charge is 2.23. The summed E-state index contributed by atoms with van der Waals surface area (Å²) in [5.74, 6) is 0.398. The molecule has 1 aromatic rings. The molecule has 1 saturated carbocycles. The summed E-state index contributed by atoms with van der Waals surface area (Å²) in [4.78, 5) is 23.6. The van der Waals surface area contributed by atoms with Crippen molar-refractivity contribution in [1.82, 2.24) is 10.6 Å². The van der Waals surface area contributed by atoms with Gasteiger partial charge in [0.15, 0.2) is 6.61 Å². The number of benzene rings is 1. The molecule has 6 nitrogen and oxygen atoms in total. The summed E-state index contributed by atoms with van der Waals surface area (Å²) < 4.78 is 5.28. The molecule has 0 aromatic heterocycles. The number of hydrogen-bond acceptors (Lipinski definition) is 4. The standard InChI is InChI=1S/C17H21N3O3/c1-12-4-2-3-5-15(12)19-17(22)20-16(21)11-23-14-8-6-13(10-18)7-9-14/h6-9,12,15H,2-5,11H2,1H3,(H2,19,20,21,22)/t12-,15+/m0/s1. The van der Waals surface area contributed by atoms with Crippen molar-refractivity contribution in [2.75, 3.05) is 6.61 Å². The van der Waals surface area contributed by atoms with E-state index in [2.05, 4.69) is 17.6 Å². The van der Waals surface area contributed by atoms with E-state index in [0.717, 1.165) is 19.3 Å². The van der Waals surface area contributed by atoms with E-state index in [1.807, 2.05) is 6.07 Å². The summed E-state index contributed by atoms with van der Waals surface area (Å²) in [6.07, 6.45) is 4.34. The van der Waals surface area contributed by atoms with Crippen molar-refractivity contribution in [1.29, 1.82) is 5.26 Å². The number of carbonyl (C=O) groups is 2. The third-order valence-electron chi connectivity index (χ3n) is 4.03. The van der Waals surface area contributed by atoms with Gasteiger partial charge in [-0.2, -0.15) is 5.26 Å². The number of nitrogens with one attached hydrogen (secondary N) is 2. The number of hydrogen-bond donors (Lipinski definition) is 2. The molecule has 0 spiro atoms. The Kier molecular flexibility index (Phi) is 5.98. The molecule has 122 valence electrons. The summed E-state index contributed by atoms with van der Waals surface area (Å²) in [5.41, 5.74) is 0.516. The predicted molar refractivity (Wildman–Crippen MR) is 84.7 cm³/mol. The minimum absolute atomic E-state index is 0.121. The van der Waals surface area contributed by atoms with E-state index in [0.29, 0.717) is 17.2 Å². The highest BCUT2D eigenvalue weighted by molar-refractivity contribution is 5.95. The van der Waals surface area contributed by atoms with Crippen LogP contribution in [0, 0.1) is 17.2 Å². The molecule has 0 unspecified atom stereocenters. The highest BCUT2D eigenvalue weighted by atomic mass is 16.5. The lowest BCUT2D eigenvalue weighted by molar-refractivity contribution is -0.122. The molecular formula is C17H21N3O3. The molecule has 2 rings (SSSR count). The number of ether oxygens (including phenoxy) is 1. The molecule has 1 aromatic carbocycles. The monoisotopic (exact) mass is 315 g/mol. The van der Waals surface area contributed by atoms with E-state index in [1.54, 1.807) is 24.3 Å². The van der Waals surface area contributed by atoms with Crippen LogP contribution in [0.4, 0.5) is 4.79 Å². The Morgan fingerprint density at radius 3 is 2.61 bits per heavy atom. The minimum Gasteiger partial charge on any atom is -0.484 e. The SMILES string of the molecule is C[C@H]1CCCC[C@H]1NC(=O)NC(=O)COc1ccc(C#N)cc1. The zero-order chi connectivity index (χ0) is 16.7. The van der Waals surface area contributed by atoms with Crippen LogP contribution in [0.2, 0.25) is 0 Å². The topological polar surface area (TPSA) is 91.2 Å². The van der Waals surface area contributed by atoms with Crippen LogP contribution in [0.1, 0.15) is 38.2 Å². The second-order valence-corrected chi connectivity index (χ2v) is 5.81. The van der Waals surface area contributed by atoms with Gasteiger partial charge in [0.2, 0.25) is 0 Å². The Balaban J connectivity index is 1.73. The molecule has 0 aliphatic heterocycles. The van der Waals surface area contributed by atoms with Crippen LogP contribution in [0.25, 0.3) is 0 Å². The average molecular weight is 315 g/mol. The van der Waals surface area contributed by atoms with Crippen LogP contribution in [-0.4, -0.2) is 24.6 Å². The Morgan fingerprint density at radius 1 is 1.26 bits per heavy atom. The zero-order valence-corrected chi connectivity index (χ0v) is 13.2. The van der Waals surface area contributed by atoms with Crippen molar-refractivity contribution in [3.63, 3.8) is 0 Å². The number of urea groups is 1. The van der Waals surface area contributed by atoms with Gasteiger partial charge in [-0.1, -0.05) is 19.8 Å². The van der Waals surface area contributed by atoms with Crippen LogP contribution in [0.3, 0.4) is 0 Å². The lowest BCUT2D eigenvalue weighted by Crippen LogP contribution is -2.48. The molecule has 1 fully saturated rings. The molecule has 0 bridgehead atoms. The predicted octanol–water partition coefficient (Wildman–Crippen LogP) is 2.34. The first-order chi connectivity index (χ1) is 11.1. The normalized spacial score (nSPS) is 20.2. The first-order valence-electron chi connectivity index (χ1n) is 7.82. The summed E-state index contributed by atoms with van der Waals surface area (Å²) >= 11 is 0. The summed E-state index contributed by atoms with van der Waals surface area (Å²) in [7, 11) is 0. The highest BCUT2D eigenvalue weighted by Crippen LogP contribution is 2.23. The number of imide groups is 1. The van der Waals surface area contributed by atoms with Gasteiger partial charge in [-0.3, -0.25) is 10.1 Å². The van der Waals surface area contributed by atoms with E-state index >= 15 is 0 Å². The average Bonchev–Trinajstić information content (AvgIpc) is 2.55. The van der Waals surface area contributed by atoms with Crippen LogP contribution in [-0.2, 0) is 4.79 Å². The third-order valence-corrected chi connectivity index (χ3v) is 4.03. The first kappa shape index (κ1) is 16.8. The van der Waals surface area contributed by atoms with Gasteiger partial charge in [0.1, 0.15) is 5.75 Å². The lowest BCUT2D eigenvalue weighted by atomic mass is 9.86. The molecule has 1 aliphatic carbocycles. The van der Waals surface area contributed by atoms with E-state index < -0.39 is 11.9 Å². The molecular weight excluding hydrogens is 294 g/mol. The number of nitrogens with zero attached hydrogens (tertiary/aromatic N) is 1. The lowest BCUT2D eigenvalue weighted by Gasteiger charge is -2.29. The van der Waals surface area contributed by atoms with Crippen molar-refractivity contribution < 1.29 is 14.3 Å². The molecule has 1 aliphatic rings. The maximum absolute atomic E-state index is 11.8. The quantitative estimate of drug-likeness (QED) is 0.892. The van der Waals surface area contributed by atoms with Gasteiger partial charge < -0.3 is 10.1 Å². The maximum atomic E-state index is 11.8. The molecule has 0 heterocycles. The van der Waals surface area contributed by atoms with Crippen LogP contribution in [0.5, 0.6) is 5.75 Å². The fourth-order valence-corrected chi connectivity index (χ4v) is 2.67. The molecule has 23 heavy (non-hydrogen) atoms. The number of carbonyl (C=O) groups excluding carboxylic acids is 2. The van der Waals surface area contributed by atoms with Crippen molar-refractivity contribution >= 4 is 11.9 Å². The maximum Gasteiger partial charge on any atom is 0.321 e. The Hall–Kier alpha value is -2.55. The Labute approximate surface area is 135 Å². The molecule has 2 atom stereocenters. The van der Waals surface area contributed by atoms with Gasteiger partial charge in [-0.15, -0.1) is 0 Å². The smallest absolute Gasteiger partial charge is 0.321 e. The van der Waals surface area contributed by atoms with Gasteiger partial charge in [0.05, 0.1) is 11.6 Å². The van der Waals surface area contributed by atoms with Gasteiger partial charge in [0.25, 0.3) is 5.91 Å². The van der Waals surface area contributed by atoms with Crippen molar-refractivity contribution in [2.45, 2.75) is 38.6 Å². The van der Waals surface area contributed by atoms with Crippen molar-refractivity contribution in [3.05, 3.63) is 29.8 Å².